The Labute approximate surface area is 34.3 Å². The van der Waals surface area contributed by atoms with Gasteiger partial charge in [0.2, 0.25) is 0 Å². The van der Waals surface area contributed by atoms with Crippen molar-refractivity contribution in [3.63, 3.8) is 0 Å². The molecule has 4 nitrogen and oxygen atoms in total. The molecule has 0 fully saturated rings. The first kappa shape index (κ1) is 5.23. The van der Waals surface area contributed by atoms with E-state index in [1.54, 1.807) is 0 Å². The Balaban J connectivity index is 3.23. The minimum Gasteiger partial charge on any atom is -0.386 e. The fraction of sp³-hybridized carbons (Fsp3) is 0.500. The van der Waals surface area contributed by atoms with Gasteiger partial charge in [0.25, 0.3) is 5.91 Å². The molecule has 0 aliphatic rings. The van der Waals surface area contributed by atoms with E-state index in [0.717, 1.165) is 0 Å². The van der Waals surface area contributed by atoms with Crippen LogP contribution in [0.5, 0.6) is 0 Å². The fourth-order valence-corrected chi connectivity index (χ4v) is 0.0354. The third-order valence-electron chi connectivity index (χ3n) is 0.260. The maximum Gasteiger partial charge on any atom is 0.289 e. The van der Waals surface area contributed by atoms with Crippen molar-refractivity contribution in [1.29, 1.82) is 5.53 Å². The van der Waals surface area contributed by atoms with Gasteiger partial charge in [0, 0.05) is 0 Å². The van der Waals surface area contributed by atoms with E-state index in [2.05, 4.69) is 5.11 Å². The van der Waals surface area contributed by atoms with Crippen LogP contribution in [0.15, 0.2) is 5.11 Å². The van der Waals surface area contributed by atoms with Crippen molar-refractivity contribution in [2.24, 2.45) is 5.11 Å². The van der Waals surface area contributed by atoms with Gasteiger partial charge in [-0.2, -0.15) is 0 Å². The molecule has 6 heavy (non-hydrogen) atoms. The second kappa shape index (κ2) is 2.47. The van der Waals surface area contributed by atoms with Gasteiger partial charge in [0.1, 0.15) is 6.61 Å². The summed E-state index contributed by atoms with van der Waals surface area (Å²) in [6.45, 7) is -0.663. The van der Waals surface area contributed by atoms with Gasteiger partial charge in [-0.25, -0.2) is 5.53 Å². The van der Waals surface area contributed by atoms with Crippen molar-refractivity contribution in [3.05, 3.63) is 0 Å². The second-order valence-corrected chi connectivity index (χ2v) is 0.664. The van der Waals surface area contributed by atoms with Crippen molar-refractivity contribution in [3.8, 4) is 0 Å². The van der Waals surface area contributed by atoms with Crippen molar-refractivity contribution in [2.75, 3.05) is 6.61 Å². The van der Waals surface area contributed by atoms with Gasteiger partial charge in [-0.15, -0.1) is 5.11 Å². The summed E-state index contributed by atoms with van der Waals surface area (Å²) in [5.41, 5.74) is 5.92. The van der Waals surface area contributed by atoms with Crippen LogP contribution in [0, 0.1) is 5.53 Å². The number of carbonyl (C=O) groups is 1. The summed E-state index contributed by atoms with van der Waals surface area (Å²) in [6.07, 6.45) is 0. The molecular formula is C2H4N2O2. The third kappa shape index (κ3) is 1.54. The number of hydrogen-bond donors (Lipinski definition) is 2. The number of hydrogen-bond acceptors (Lipinski definition) is 3. The van der Waals surface area contributed by atoms with Crippen LogP contribution < -0.4 is 0 Å². The van der Waals surface area contributed by atoms with Gasteiger partial charge in [-0.1, -0.05) is 0 Å². The minimum atomic E-state index is -0.810. The predicted octanol–water partition coefficient (Wildman–Crippen LogP) is -0.464. The van der Waals surface area contributed by atoms with Crippen LogP contribution in [-0.4, -0.2) is 17.6 Å². The van der Waals surface area contributed by atoms with Crippen LogP contribution in [0.3, 0.4) is 0 Å². The van der Waals surface area contributed by atoms with Crippen molar-refractivity contribution < 1.29 is 9.90 Å². The molecule has 0 bridgehead atoms. The molecule has 0 aromatic carbocycles. The number of carbonyl (C=O) groups excluding carboxylic acids is 1. The van der Waals surface area contributed by atoms with Crippen LogP contribution in [0.1, 0.15) is 0 Å². The molecule has 0 aromatic rings. The van der Waals surface area contributed by atoms with Gasteiger partial charge in [0.05, 0.1) is 0 Å². The Bertz CT molecular complexity index is 69.9. The first-order chi connectivity index (χ1) is 2.81. The molecule has 0 heterocycles. The zero-order valence-corrected chi connectivity index (χ0v) is 3.01. The maximum absolute atomic E-state index is 9.58. The van der Waals surface area contributed by atoms with E-state index in [-0.39, 0.29) is 0 Å². The zero-order valence-electron chi connectivity index (χ0n) is 3.01. The standard InChI is InChI=1S/C2H4N2O2/c3-4-2(6)1-5/h3,5H,1H2. The van der Waals surface area contributed by atoms with Crippen LogP contribution >= 0.6 is 0 Å². The summed E-state index contributed by atoms with van der Waals surface area (Å²) in [5, 5.41) is 10.1. The van der Waals surface area contributed by atoms with Crippen molar-refractivity contribution in [2.45, 2.75) is 0 Å². The van der Waals surface area contributed by atoms with E-state index in [1.165, 1.54) is 0 Å². The first-order valence-electron chi connectivity index (χ1n) is 1.32. The van der Waals surface area contributed by atoms with Gasteiger partial charge < -0.3 is 5.11 Å². The van der Waals surface area contributed by atoms with Crippen molar-refractivity contribution in [1.82, 2.24) is 0 Å². The van der Waals surface area contributed by atoms with Gasteiger partial charge in [0.15, 0.2) is 0 Å². The van der Waals surface area contributed by atoms with E-state index in [9.17, 15) is 4.79 Å². The highest BCUT2D eigenvalue weighted by atomic mass is 16.3. The third-order valence-corrected chi connectivity index (χ3v) is 0.260. The maximum atomic E-state index is 9.58. The molecule has 0 aromatic heterocycles. The van der Waals surface area contributed by atoms with E-state index in [4.69, 9.17) is 10.6 Å². The van der Waals surface area contributed by atoms with Crippen LogP contribution in [0.4, 0.5) is 0 Å². The lowest BCUT2D eigenvalue weighted by atomic mass is 10.7. The molecule has 0 aliphatic heterocycles. The molecule has 0 aliphatic carbocycles. The lowest BCUT2D eigenvalue weighted by Crippen LogP contribution is -1.95. The number of nitrogens with one attached hydrogen (secondary N) is 1. The Morgan fingerprint density at radius 3 is 2.50 bits per heavy atom. The van der Waals surface area contributed by atoms with Gasteiger partial charge >= 0.3 is 0 Å². The number of aliphatic hydroxyl groups excluding tert-OH is 1. The molecule has 1 amide bonds. The monoisotopic (exact) mass is 88.0 g/mol. The van der Waals surface area contributed by atoms with E-state index in [0.29, 0.717) is 0 Å². The highest BCUT2D eigenvalue weighted by Gasteiger charge is 1.87. The number of nitrogens with zero attached hydrogens (tertiary/aromatic N) is 1. The quantitative estimate of drug-likeness (QED) is 0.425. The summed E-state index contributed by atoms with van der Waals surface area (Å²) in [7, 11) is 0. The highest BCUT2D eigenvalue weighted by molar-refractivity contribution is 5.76. The van der Waals surface area contributed by atoms with Gasteiger partial charge in [-0.3, -0.25) is 4.79 Å². The number of rotatable bonds is 1. The molecule has 0 unspecified atom stereocenters. The molecular weight excluding hydrogens is 84.0 g/mol. The Kier molecular flexibility index (Phi) is 2.15. The molecule has 0 atom stereocenters. The number of aliphatic hydroxyl groups is 1. The van der Waals surface area contributed by atoms with Gasteiger partial charge in [-0.05, 0) is 0 Å². The SMILES string of the molecule is N=NC(=O)CO. The normalized spacial score (nSPS) is 7.50. The summed E-state index contributed by atoms with van der Waals surface area (Å²) in [6, 6.07) is 0. The Morgan fingerprint density at radius 2 is 2.50 bits per heavy atom. The summed E-state index contributed by atoms with van der Waals surface area (Å²) in [5.74, 6) is -0.810. The smallest absolute Gasteiger partial charge is 0.289 e. The predicted molar refractivity (Wildman–Crippen MR) is 17.2 cm³/mol. The Hall–Kier alpha value is -0.770. The molecule has 0 saturated heterocycles. The van der Waals surface area contributed by atoms with Crippen LogP contribution in [-0.2, 0) is 4.79 Å². The summed E-state index contributed by atoms with van der Waals surface area (Å²) >= 11 is 0. The lowest BCUT2D eigenvalue weighted by Gasteiger charge is -1.73. The van der Waals surface area contributed by atoms with Crippen LogP contribution in [0.25, 0.3) is 0 Å². The molecule has 0 rings (SSSR count). The largest absolute Gasteiger partial charge is 0.386 e. The lowest BCUT2D eigenvalue weighted by molar-refractivity contribution is -0.121. The average Bonchev–Trinajstić information content (AvgIpc) is 1.65. The van der Waals surface area contributed by atoms with Crippen molar-refractivity contribution >= 4 is 5.91 Å². The summed E-state index contributed by atoms with van der Waals surface area (Å²) in [4.78, 5) is 9.58. The molecule has 0 radical (unpaired) electrons. The topological polar surface area (TPSA) is 73.5 Å². The second-order valence-electron chi connectivity index (χ2n) is 0.664. The fourth-order valence-electron chi connectivity index (χ4n) is 0.0354. The number of amides is 1. The minimum absolute atomic E-state index is 0.663. The average molecular weight is 88.1 g/mol. The molecule has 0 saturated carbocycles. The van der Waals surface area contributed by atoms with Crippen LogP contribution in [0.2, 0.25) is 0 Å². The first-order valence-corrected chi connectivity index (χ1v) is 1.32. The van der Waals surface area contributed by atoms with E-state index < -0.39 is 12.5 Å². The molecule has 0 spiro atoms. The molecule has 2 N–H and O–H groups in total. The molecule has 34 valence electrons. The van der Waals surface area contributed by atoms with E-state index in [1.807, 2.05) is 0 Å². The summed E-state index contributed by atoms with van der Waals surface area (Å²) < 4.78 is 0. The highest BCUT2D eigenvalue weighted by Crippen LogP contribution is 1.64. The Morgan fingerprint density at radius 1 is 2.00 bits per heavy atom. The van der Waals surface area contributed by atoms with E-state index >= 15 is 0 Å². The molecule has 4 heteroatoms. The zero-order chi connectivity index (χ0) is 4.99.